The normalized spacial score (nSPS) is 15.8. The summed E-state index contributed by atoms with van der Waals surface area (Å²) in [7, 11) is 3.14. The molecule has 5 heteroatoms. The molecule has 0 atom stereocenters. The van der Waals surface area contributed by atoms with Crippen LogP contribution in [0.5, 0.6) is 11.5 Å². The van der Waals surface area contributed by atoms with Gasteiger partial charge in [0.15, 0.2) is 11.5 Å². The summed E-state index contributed by atoms with van der Waals surface area (Å²) in [6, 6.07) is 5.99. The Hall–Kier alpha value is -1.77. The molecule has 0 aliphatic carbocycles. The van der Waals surface area contributed by atoms with Crippen molar-refractivity contribution in [3.63, 3.8) is 0 Å². The number of piperazine rings is 1. The van der Waals surface area contributed by atoms with E-state index in [4.69, 9.17) is 9.47 Å². The highest BCUT2D eigenvalue weighted by Crippen LogP contribution is 2.32. The largest absolute Gasteiger partial charge is 0.493 e. The number of methoxy groups -OCH3 is 2. The van der Waals surface area contributed by atoms with Gasteiger partial charge in [-0.1, -0.05) is 0 Å². The third-order valence-corrected chi connectivity index (χ3v) is 3.27. The first kappa shape index (κ1) is 13.7. The molecule has 1 fully saturated rings. The highest BCUT2D eigenvalue weighted by molar-refractivity contribution is 5.54. The molecule has 0 radical (unpaired) electrons. The Morgan fingerprint density at radius 2 is 2.00 bits per heavy atom. The molecule has 1 aromatic rings. The lowest BCUT2D eigenvalue weighted by atomic mass is 10.1. The molecule has 1 N–H and O–H groups in total. The van der Waals surface area contributed by atoms with Crippen molar-refractivity contribution in [3.8, 4) is 17.6 Å². The van der Waals surface area contributed by atoms with Crippen LogP contribution >= 0.6 is 0 Å². The summed E-state index contributed by atoms with van der Waals surface area (Å²) in [5.41, 5.74) is 1.60. The fraction of sp³-hybridized carbons (Fsp3) is 0.500. The molecule has 0 unspecified atom stereocenters. The van der Waals surface area contributed by atoms with Crippen molar-refractivity contribution in [1.82, 2.24) is 10.2 Å². The summed E-state index contributed by atoms with van der Waals surface area (Å²) in [6.07, 6.45) is 0. The first-order valence-corrected chi connectivity index (χ1v) is 6.36. The van der Waals surface area contributed by atoms with Gasteiger partial charge in [-0.2, -0.15) is 5.26 Å². The van der Waals surface area contributed by atoms with Crippen LogP contribution in [0.1, 0.15) is 11.1 Å². The molecule has 0 amide bonds. The average Bonchev–Trinajstić information content (AvgIpc) is 2.47. The van der Waals surface area contributed by atoms with Crippen LogP contribution in [0.4, 0.5) is 0 Å². The smallest absolute Gasteiger partial charge is 0.178 e. The molecule has 1 aliphatic heterocycles. The quantitative estimate of drug-likeness (QED) is 0.875. The van der Waals surface area contributed by atoms with Gasteiger partial charge in [-0.15, -0.1) is 0 Å². The van der Waals surface area contributed by atoms with Gasteiger partial charge >= 0.3 is 0 Å². The van der Waals surface area contributed by atoms with Crippen LogP contribution in [-0.4, -0.2) is 45.3 Å². The lowest BCUT2D eigenvalue weighted by Crippen LogP contribution is -2.42. The van der Waals surface area contributed by atoms with Crippen LogP contribution in [0.2, 0.25) is 0 Å². The predicted octanol–water partition coefficient (Wildman–Crippen LogP) is 0.981. The molecule has 0 spiro atoms. The zero-order valence-corrected chi connectivity index (χ0v) is 11.4. The molecule has 1 heterocycles. The highest BCUT2D eigenvalue weighted by atomic mass is 16.5. The van der Waals surface area contributed by atoms with E-state index in [1.54, 1.807) is 14.2 Å². The van der Waals surface area contributed by atoms with Crippen molar-refractivity contribution < 1.29 is 9.47 Å². The van der Waals surface area contributed by atoms with Gasteiger partial charge in [-0.05, 0) is 17.7 Å². The van der Waals surface area contributed by atoms with Crippen molar-refractivity contribution in [1.29, 1.82) is 5.26 Å². The predicted molar refractivity (Wildman–Crippen MR) is 72.4 cm³/mol. The first-order valence-electron chi connectivity index (χ1n) is 6.36. The minimum Gasteiger partial charge on any atom is -0.493 e. The first-order chi connectivity index (χ1) is 9.28. The molecule has 1 saturated heterocycles. The van der Waals surface area contributed by atoms with E-state index in [2.05, 4.69) is 16.3 Å². The molecule has 0 aromatic heterocycles. The lowest BCUT2D eigenvalue weighted by Gasteiger charge is -2.27. The Bertz CT molecular complexity index is 476. The maximum atomic E-state index is 9.19. The molecule has 0 saturated carbocycles. The Kier molecular flexibility index (Phi) is 4.61. The summed E-state index contributed by atoms with van der Waals surface area (Å²) in [4.78, 5) is 2.36. The lowest BCUT2D eigenvalue weighted by molar-refractivity contribution is 0.232. The monoisotopic (exact) mass is 261 g/mol. The van der Waals surface area contributed by atoms with Crippen LogP contribution in [-0.2, 0) is 6.54 Å². The van der Waals surface area contributed by atoms with Crippen molar-refractivity contribution in [3.05, 3.63) is 23.3 Å². The fourth-order valence-electron chi connectivity index (χ4n) is 2.32. The van der Waals surface area contributed by atoms with Gasteiger partial charge in [0, 0.05) is 32.7 Å². The number of ether oxygens (including phenoxy) is 2. The Labute approximate surface area is 113 Å². The molecule has 1 aromatic carbocycles. The van der Waals surface area contributed by atoms with E-state index in [0.717, 1.165) is 38.3 Å². The van der Waals surface area contributed by atoms with E-state index in [0.29, 0.717) is 17.1 Å². The van der Waals surface area contributed by atoms with E-state index in [1.807, 2.05) is 12.1 Å². The van der Waals surface area contributed by atoms with Gasteiger partial charge in [0.2, 0.25) is 0 Å². The number of nitrogens with one attached hydrogen (secondary N) is 1. The van der Waals surface area contributed by atoms with Crippen LogP contribution in [0.25, 0.3) is 0 Å². The summed E-state index contributed by atoms with van der Waals surface area (Å²) >= 11 is 0. The van der Waals surface area contributed by atoms with Crippen LogP contribution in [0, 0.1) is 11.3 Å². The van der Waals surface area contributed by atoms with E-state index >= 15 is 0 Å². The summed E-state index contributed by atoms with van der Waals surface area (Å²) in [6.45, 7) is 4.90. The molecule has 5 nitrogen and oxygen atoms in total. The highest BCUT2D eigenvalue weighted by Gasteiger charge is 2.15. The van der Waals surface area contributed by atoms with Crippen LogP contribution in [0.3, 0.4) is 0 Å². The number of benzene rings is 1. The third-order valence-electron chi connectivity index (χ3n) is 3.27. The average molecular weight is 261 g/mol. The summed E-state index contributed by atoms with van der Waals surface area (Å²) in [5, 5.41) is 12.5. The zero-order chi connectivity index (χ0) is 13.7. The summed E-state index contributed by atoms with van der Waals surface area (Å²) in [5.74, 6) is 1.13. The topological polar surface area (TPSA) is 57.5 Å². The minimum atomic E-state index is 0.508. The number of nitriles is 1. The Morgan fingerprint density at radius 3 is 2.58 bits per heavy atom. The second-order valence-electron chi connectivity index (χ2n) is 4.52. The maximum Gasteiger partial charge on any atom is 0.178 e. The molecule has 0 bridgehead atoms. The molecular weight excluding hydrogens is 242 g/mol. The van der Waals surface area contributed by atoms with Crippen LogP contribution < -0.4 is 14.8 Å². The van der Waals surface area contributed by atoms with Gasteiger partial charge in [0.25, 0.3) is 0 Å². The van der Waals surface area contributed by atoms with Gasteiger partial charge in [-0.3, -0.25) is 4.90 Å². The number of hydrogen-bond acceptors (Lipinski definition) is 5. The standard InChI is InChI=1S/C14H19N3O2/c1-18-13-8-11(7-12(9-15)14(13)19-2)10-17-5-3-16-4-6-17/h7-8,16H,3-6,10H2,1-2H3. The Balaban J connectivity index is 2.23. The molecule has 102 valence electrons. The number of nitrogens with zero attached hydrogens (tertiary/aromatic N) is 2. The van der Waals surface area contributed by atoms with Crippen molar-refractivity contribution in [2.75, 3.05) is 40.4 Å². The second-order valence-corrected chi connectivity index (χ2v) is 4.52. The van der Waals surface area contributed by atoms with E-state index in [1.165, 1.54) is 0 Å². The second kappa shape index (κ2) is 6.41. The van der Waals surface area contributed by atoms with E-state index in [9.17, 15) is 5.26 Å². The van der Waals surface area contributed by atoms with E-state index in [-0.39, 0.29) is 0 Å². The van der Waals surface area contributed by atoms with Crippen molar-refractivity contribution in [2.24, 2.45) is 0 Å². The van der Waals surface area contributed by atoms with Gasteiger partial charge < -0.3 is 14.8 Å². The van der Waals surface area contributed by atoms with Gasteiger partial charge in [0.1, 0.15) is 6.07 Å². The van der Waals surface area contributed by atoms with Crippen molar-refractivity contribution in [2.45, 2.75) is 6.54 Å². The molecule has 2 rings (SSSR count). The van der Waals surface area contributed by atoms with Crippen molar-refractivity contribution >= 4 is 0 Å². The van der Waals surface area contributed by atoms with Gasteiger partial charge in [0.05, 0.1) is 19.8 Å². The maximum absolute atomic E-state index is 9.19. The van der Waals surface area contributed by atoms with Gasteiger partial charge in [-0.25, -0.2) is 0 Å². The molecule has 1 aliphatic rings. The SMILES string of the molecule is COc1cc(CN2CCNCC2)cc(C#N)c1OC. The summed E-state index contributed by atoms with van der Waals surface area (Å²) < 4.78 is 10.5. The number of hydrogen-bond donors (Lipinski definition) is 1. The zero-order valence-electron chi connectivity index (χ0n) is 11.4. The molecule has 19 heavy (non-hydrogen) atoms. The minimum absolute atomic E-state index is 0.508. The number of rotatable bonds is 4. The van der Waals surface area contributed by atoms with E-state index < -0.39 is 0 Å². The Morgan fingerprint density at radius 1 is 1.26 bits per heavy atom. The fourth-order valence-corrected chi connectivity index (χ4v) is 2.32. The van der Waals surface area contributed by atoms with Crippen LogP contribution in [0.15, 0.2) is 12.1 Å². The molecular formula is C14H19N3O2. The third kappa shape index (κ3) is 3.16.